The first-order chi connectivity index (χ1) is 7.34. The zero-order valence-corrected chi connectivity index (χ0v) is 9.27. The molecule has 0 aliphatic rings. The molecule has 0 bridgehead atoms. The van der Waals surface area contributed by atoms with Gasteiger partial charge < -0.3 is 4.98 Å². The molecule has 3 rings (SSSR count). The molecule has 0 aliphatic heterocycles. The zero-order chi connectivity index (χ0) is 10.3. The van der Waals surface area contributed by atoms with Gasteiger partial charge in [-0.2, -0.15) is 11.3 Å². The summed E-state index contributed by atoms with van der Waals surface area (Å²) in [6.45, 7) is 2.09. The number of H-pyrrole nitrogens is 1. The Hall–Kier alpha value is -1.54. The number of aryl methyl sites for hydroxylation is 1. The van der Waals surface area contributed by atoms with Gasteiger partial charge in [-0.3, -0.25) is 0 Å². The maximum Gasteiger partial charge on any atom is 0.0535 e. The first kappa shape index (κ1) is 8.74. The van der Waals surface area contributed by atoms with E-state index in [9.17, 15) is 0 Å². The summed E-state index contributed by atoms with van der Waals surface area (Å²) in [5.74, 6) is 0. The molecule has 1 N–H and O–H groups in total. The highest BCUT2D eigenvalue weighted by Crippen LogP contribution is 2.29. The van der Waals surface area contributed by atoms with Crippen molar-refractivity contribution in [3.63, 3.8) is 0 Å². The largest absolute Gasteiger partial charge is 0.358 e. The number of para-hydroxylation sites is 1. The van der Waals surface area contributed by atoms with Gasteiger partial charge in [-0.1, -0.05) is 18.2 Å². The smallest absolute Gasteiger partial charge is 0.0535 e. The lowest BCUT2D eigenvalue weighted by atomic mass is 10.1. The molecule has 0 fully saturated rings. The van der Waals surface area contributed by atoms with E-state index in [1.165, 1.54) is 27.7 Å². The molecule has 0 spiro atoms. The number of rotatable bonds is 1. The van der Waals surface area contributed by atoms with Crippen molar-refractivity contribution < 1.29 is 0 Å². The number of aromatic nitrogens is 1. The Morgan fingerprint density at radius 2 is 2.13 bits per heavy atom. The highest BCUT2D eigenvalue weighted by atomic mass is 32.1. The molecule has 2 aromatic heterocycles. The van der Waals surface area contributed by atoms with Gasteiger partial charge in [0, 0.05) is 16.6 Å². The van der Waals surface area contributed by atoms with Crippen LogP contribution in [0.1, 0.15) is 5.69 Å². The van der Waals surface area contributed by atoms with E-state index in [0.29, 0.717) is 0 Å². The third kappa shape index (κ3) is 1.38. The molecule has 2 heteroatoms. The lowest BCUT2D eigenvalue weighted by Gasteiger charge is -1.99. The summed E-state index contributed by atoms with van der Waals surface area (Å²) in [7, 11) is 0. The highest BCUT2D eigenvalue weighted by Gasteiger charge is 2.05. The number of thiophene rings is 1. The predicted octanol–water partition coefficient (Wildman–Crippen LogP) is 4.20. The second kappa shape index (κ2) is 3.24. The fraction of sp³-hybridized carbons (Fsp3) is 0.0769. The molecule has 74 valence electrons. The van der Waals surface area contributed by atoms with Crippen LogP contribution in [-0.4, -0.2) is 4.98 Å². The average molecular weight is 213 g/mol. The van der Waals surface area contributed by atoms with Gasteiger partial charge in [0.25, 0.3) is 0 Å². The third-order valence-electron chi connectivity index (χ3n) is 2.62. The summed E-state index contributed by atoms with van der Waals surface area (Å²) in [5.41, 5.74) is 5.05. The summed E-state index contributed by atoms with van der Waals surface area (Å²) in [4.78, 5) is 3.42. The van der Waals surface area contributed by atoms with Gasteiger partial charge in [0.2, 0.25) is 0 Å². The summed E-state index contributed by atoms with van der Waals surface area (Å²) in [6.07, 6.45) is 0. The Morgan fingerprint density at radius 1 is 1.20 bits per heavy atom. The normalized spacial score (nSPS) is 11.0. The van der Waals surface area contributed by atoms with Gasteiger partial charge in [-0.05, 0) is 35.4 Å². The second-order valence-electron chi connectivity index (χ2n) is 3.73. The maximum absolute atomic E-state index is 3.42. The van der Waals surface area contributed by atoms with Crippen molar-refractivity contribution in [1.29, 1.82) is 0 Å². The first-order valence-corrected chi connectivity index (χ1v) is 5.90. The fourth-order valence-electron chi connectivity index (χ4n) is 1.95. The first-order valence-electron chi connectivity index (χ1n) is 4.95. The van der Waals surface area contributed by atoms with Crippen molar-refractivity contribution in [3.8, 4) is 11.1 Å². The van der Waals surface area contributed by atoms with Gasteiger partial charge in [-0.15, -0.1) is 0 Å². The molecule has 3 aromatic rings. The number of hydrogen-bond donors (Lipinski definition) is 1. The van der Waals surface area contributed by atoms with Gasteiger partial charge >= 0.3 is 0 Å². The van der Waals surface area contributed by atoms with E-state index in [2.05, 4.69) is 53.0 Å². The molecule has 0 unspecified atom stereocenters. The Bertz CT molecular complexity index is 590. The molecular formula is C13H11NS. The number of benzene rings is 1. The minimum atomic E-state index is 1.22. The Balaban J connectivity index is 2.35. The van der Waals surface area contributed by atoms with E-state index in [0.717, 1.165) is 0 Å². The highest BCUT2D eigenvalue weighted by molar-refractivity contribution is 7.08. The summed E-state index contributed by atoms with van der Waals surface area (Å²) >= 11 is 1.74. The SMILES string of the molecule is Cc1cc2cccc(-c3ccsc3)c2[nH]1. The van der Waals surface area contributed by atoms with E-state index in [-0.39, 0.29) is 0 Å². The minimum Gasteiger partial charge on any atom is -0.358 e. The Morgan fingerprint density at radius 3 is 2.93 bits per heavy atom. The van der Waals surface area contributed by atoms with E-state index < -0.39 is 0 Å². The van der Waals surface area contributed by atoms with Crippen LogP contribution in [0.15, 0.2) is 41.1 Å². The molecule has 1 aromatic carbocycles. The molecule has 0 radical (unpaired) electrons. The fourth-order valence-corrected chi connectivity index (χ4v) is 2.61. The lowest BCUT2D eigenvalue weighted by molar-refractivity contribution is 1.30. The van der Waals surface area contributed by atoms with Crippen molar-refractivity contribution >= 4 is 22.2 Å². The van der Waals surface area contributed by atoms with Crippen LogP contribution in [0, 0.1) is 6.92 Å². The standard InChI is InChI=1S/C13H11NS/c1-9-7-10-3-2-4-12(13(10)14-9)11-5-6-15-8-11/h2-8,14H,1H3. The lowest BCUT2D eigenvalue weighted by Crippen LogP contribution is -1.77. The van der Waals surface area contributed by atoms with Crippen LogP contribution in [0.4, 0.5) is 0 Å². The molecule has 1 nitrogen and oxygen atoms in total. The van der Waals surface area contributed by atoms with Crippen molar-refractivity contribution in [1.82, 2.24) is 4.98 Å². The van der Waals surface area contributed by atoms with Crippen LogP contribution in [0.2, 0.25) is 0 Å². The van der Waals surface area contributed by atoms with Crippen LogP contribution in [0.3, 0.4) is 0 Å². The van der Waals surface area contributed by atoms with Crippen molar-refractivity contribution in [3.05, 3.63) is 46.8 Å². The van der Waals surface area contributed by atoms with E-state index >= 15 is 0 Å². The van der Waals surface area contributed by atoms with Crippen molar-refractivity contribution in [2.75, 3.05) is 0 Å². The molecule has 15 heavy (non-hydrogen) atoms. The van der Waals surface area contributed by atoms with Gasteiger partial charge in [0.1, 0.15) is 0 Å². The summed E-state index contributed by atoms with van der Waals surface area (Å²) in [6, 6.07) is 10.8. The quantitative estimate of drug-likeness (QED) is 0.623. The van der Waals surface area contributed by atoms with E-state index in [1.807, 2.05) is 0 Å². The topological polar surface area (TPSA) is 15.8 Å². The molecule has 0 saturated heterocycles. The zero-order valence-electron chi connectivity index (χ0n) is 8.45. The number of nitrogens with one attached hydrogen (secondary N) is 1. The van der Waals surface area contributed by atoms with Crippen LogP contribution in [-0.2, 0) is 0 Å². The summed E-state index contributed by atoms with van der Waals surface area (Å²) in [5, 5.41) is 5.59. The Kier molecular flexibility index (Phi) is 1.89. The van der Waals surface area contributed by atoms with Gasteiger partial charge in [-0.25, -0.2) is 0 Å². The molecule has 2 heterocycles. The minimum absolute atomic E-state index is 1.22. The average Bonchev–Trinajstić information content (AvgIpc) is 2.82. The van der Waals surface area contributed by atoms with Crippen LogP contribution >= 0.6 is 11.3 Å². The monoisotopic (exact) mass is 213 g/mol. The van der Waals surface area contributed by atoms with Crippen molar-refractivity contribution in [2.45, 2.75) is 6.92 Å². The third-order valence-corrected chi connectivity index (χ3v) is 3.31. The predicted molar refractivity (Wildman–Crippen MR) is 66.3 cm³/mol. The molecule has 0 aliphatic carbocycles. The summed E-state index contributed by atoms with van der Waals surface area (Å²) < 4.78 is 0. The van der Waals surface area contributed by atoms with Gasteiger partial charge in [0.05, 0.1) is 5.52 Å². The Labute approximate surface area is 92.4 Å². The van der Waals surface area contributed by atoms with Crippen LogP contribution in [0.25, 0.3) is 22.0 Å². The van der Waals surface area contributed by atoms with Crippen LogP contribution < -0.4 is 0 Å². The maximum atomic E-state index is 3.42. The van der Waals surface area contributed by atoms with Gasteiger partial charge in [0.15, 0.2) is 0 Å². The number of fused-ring (bicyclic) bond motifs is 1. The number of aromatic amines is 1. The van der Waals surface area contributed by atoms with Crippen LogP contribution in [0.5, 0.6) is 0 Å². The number of hydrogen-bond acceptors (Lipinski definition) is 1. The van der Waals surface area contributed by atoms with E-state index in [1.54, 1.807) is 11.3 Å². The molecule has 0 atom stereocenters. The van der Waals surface area contributed by atoms with Crippen molar-refractivity contribution in [2.24, 2.45) is 0 Å². The molecular weight excluding hydrogens is 202 g/mol. The molecule has 0 amide bonds. The molecule has 0 saturated carbocycles. The second-order valence-corrected chi connectivity index (χ2v) is 4.51. The van der Waals surface area contributed by atoms with E-state index in [4.69, 9.17) is 0 Å².